The van der Waals surface area contributed by atoms with Crippen molar-refractivity contribution in [3.05, 3.63) is 24.3 Å². The topological polar surface area (TPSA) is 78.8 Å². The molecule has 3 rings (SSSR count). The molecule has 0 radical (unpaired) electrons. The fraction of sp³-hybridized carbons (Fsp3) is 0.467. The quantitative estimate of drug-likeness (QED) is 0.918. The van der Waals surface area contributed by atoms with Crippen LogP contribution in [0.1, 0.15) is 32.1 Å². The molecule has 1 fully saturated rings. The van der Waals surface area contributed by atoms with E-state index in [-0.39, 0.29) is 23.4 Å². The van der Waals surface area contributed by atoms with E-state index in [1.807, 2.05) is 0 Å². The molecule has 1 N–H and O–H groups in total. The fourth-order valence-electron chi connectivity index (χ4n) is 2.95. The Morgan fingerprint density at radius 2 is 1.95 bits per heavy atom. The van der Waals surface area contributed by atoms with E-state index in [4.69, 9.17) is 0 Å². The highest BCUT2D eigenvalue weighted by atomic mass is 32.2. The summed E-state index contributed by atoms with van der Waals surface area (Å²) in [5.41, 5.74) is 0.497. The predicted octanol–water partition coefficient (Wildman–Crippen LogP) is 1.67. The minimum Gasteiger partial charge on any atom is -0.352 e. The molecule has 1 aliphatic carbocycles. The first-order valence-corrected chi connectivity index (χ1v) is 8.96. The van der Waals surface area contributed by atoms with E-state index in [0.717, 1.165) is 25.7 Å². The molecule has 6 nitrogen and oxygen atoms in total. The van der Waals surface area contributed by atoms with Crippen molar-refractivity contribution in [3.8, 4) is 0 Å². The van der Waals surface area contributed by atoms with Gasteiger partial charge in [-0.1, -0.05) is 31.4 Å². The summed E-state index contributed by atoms with van der Waals surface area (Å²) in [6, 6.07) is 6.83. The van der Waals surface area contributed by atoms with Crippen molar-refractivity contribution >= 4 is 28.0 Å². The largest absolute Gasteiger partial charge is 0.352 e. The number of carbonyl (C=O) groups excluding carboxylic acids is 1. The fourth-order valence-corrected chi connectivity index (χ4v) is 4.00. The van der Waals surface area contributed by atoms with E-state index < -0.39 is 10.0 Å². The minimum atomic E-state index is -3.64. The predicted molar refractivity (Wildman–Crippen MR) is 84.5 cm³/mol. The number of amides is 1. The normalized spacial score (nSPS) is 20.5. The molecule has 1 aliphatic heterocycles. The van der Waals surface area contributed by atoms with Gasteiger partial charge in [0.25, 0.3) is 10.0 Å². The Bertz CT molecular complexity index is 694. The molecule has 118 valence electrons. The Labute approximate surface area is 130 Å². The monoisotopic (exact) mass is 321 g/mol. The first-order chi connectivity index (χ1) is 10.6. The highest BCUT2D eigenvalue weighted by molar-refractivity contribution is 7.90. The van der Waals surface area contributed by atoms with Crippen molar-refractivity contribution in [2.45, 2.75) is 43.0 Å². The Kier molecular flexibility index (Phi) is 4.15. The molecule has 1 heterocycles. The first-order valence-electron chi connectivity index (χ1n) is 7.52. The molecule has 1 amide bonds. The highest BCUT2D eigenvalue weighted by Crippen LogP contribution is 2.28. The molecule has 1 aromatic carbocycles. The maximum atomic E-state index is 12.2. The highest BCUT2D eigenvalue weighted by Gasteiger charge is 2.26. The van der Waals surface area contributed by atoms with Crippen LogP contribution in [0.5, 0.6) is 0 Å². The Hall–Kier alpha value is -1.89. The number of benzene rings is 1. The summed E-state index contributed by atoms with van der Waals surface area (Å²) in [4.78, 5) is 13.9. The molecule has 22 heavy (non-hydrogen) atoms. The standard InChI is InChI=1S/C15H19N3O3S/c19-15(17-12-6-2-1-3-7-12)10-18-11-16-22(20,21)14-9-5-4-8-13(14)18/h4-5,8-9,11-12H,1-3,6-7,10H2,(H,17,19). The number of anilines is 1. The zero-order valence-electron chi connectivity index (χ0n) is 12.2. The van der Waals surface area contributed by atoms with E-state index in [1.165, 1.54) is 18.8 Å². The smallest absolute Gasteiger partial charge is 0.285 e. The van der Waals surface area contributed by atoms with Crippen molar-refractivity contribution in [1.82, 2.24) is 5.32 Å². The molecule has 2 aliphatic rings. The number of carbonyl (C=O) groups is 1. The van der Waals surface area contributed by atoms with Gasteiger partial charge >= 0.3 is 0 Å². The van der Waals surface area contributed by atoms with Crippen LogP contribution in [-0.2, 0) is 14.8 Å². The van der Waals surface area contributed by atoms with Crippen molar-refractivity contribution in [3.63, 3.8) is 0 Å². The lowest BCUT2D eigenvalue weighted by atomic mass is 9.95. The average Bonchev–Trinajstić information content (AvgIpc) is 2.51. The van der Waals surface area contributed by atoms with Crippen LogP contribution in [-0.4, -0.2) is 33.3 Å². The summed E-state index contributed by atoms with van der Waals surface area (Å²) in [5, 5.41) is 3.03. The van der Waals surface area contributed by atoms with Gasteiger partial charge in [0.05, 0.1) is 5.69 Å². The number of sulfonamides is 1. The summed E-state index contributed by atoms with van der Waals surface area (Å²) in [5.74, 6) is -0.104. The number of nitrogens with zero attached hydrogens (tertiary/aromatic N) is 2. The Morgan fingerprint density at radius 3 is 2.73 bits per heavy atom. The van der Waals surface area contributed by atoms with Gasteiger partial charge in [0.2, 0.25) is 5.91 Å². The second kappa shape index (κ2) is 6.08. The third-order valence-corrected chi connectivity index (χ3v) is 5.33. The van der Waals surface area contributed by atoms with E-state index in [1.54, 1.807) is 23.1 Å². The summed E-state index contributed by atoms with van der Waals surface area (Å²) < 4.78 is 27.4. The third-order valence-electron chi connectivity index (χ3n) is 4.06. The molecule has 0 unspecified atom stereocenters. The molecule has 1 aromatic rings. The third kappa shape index (κ3) is 3.14. The molecule has 0 aromatic heterocycles. The number of fused-ring (bicyclic) bond motifs is 1. The van der Waals surface area contributed by atoms with Gasteiger partial charge in [0, 0.05) is 6.04 Å². The number of rotatable bonds is 3. The van der Waals surface area contributed by atoms with Gasteiger partial charge in [0.1, 0.15) is 17.8 Å². The van der Waals surface area contributed by atoms with Crippen LogP contribution in [0, 0.1) is 0 Å². The number of hydrogen-bond acceptors (Lipinski definition) is 4. The van der Waals surface area contributed by atoms with Crippen molar-refractivity contribution in [1.29, 1.82) is 0 Å². The number of para-hydroxylation sites is 1. The summed E-state index contributed by atoms with van der Waals surface area (Å²) >= 11 is 0. The van der Waals surface area contributed by atoms with Crippen molar-refractivity contribution in [2.24, 2.45) is 4.40 Å². The van der Waals surface area contributed by atoms with Crippen LogP contribution in [0.25, 0.3) is 0 Å². The maximum absolute atomic E-state index is 12.2. The van der Waals surface area contributed by atoms with Gasteiger partial charge < -0.3 is 10.2 Å². The van der Waals surface area contributed by atoms with Crippen molar-refractivity contribution < 1.29 is 13.2 Å². The van der Waals surface area contributed by atoms with Crippen LogP contribution < -0.4 is 10.2 Å². The zero-order valence-corrected chi connectivity index (χ0v) is 13.1. The van der Waals surface area contributed by atoms with Gasteiger partial charge in [-0.05, 0) is 25.0 Å². The lowest BCUT2D eigenvalue weighted by Crippen LogP contribution is -2.43. The van der Waals surface area contributed by atoms with Crippen LogP contribution in [0.3, 0.4) is 0 Å². The SMILES string of the molecule is O=C(CN1C=NS(=O)(=O)c2ccccc21)NC1CCCCC1. The molecule has 0 saturated heterocycles. The van der Waals surface area contributed by atoms with Gasteiger partial charge in [0.15, 0.2) is 0 Å². The molecule has 0 atom stereocenters. The lowest BCUT2D eigenvalue weighted by molar-refractivity contribution is -0.120. The van der Waals surface area contributed by atoms with E-state index in [2.05, 4.69) is 9.71 Å². The minimum absolute atomic E-state index is 0.0759. The van der Waals surface area contributed by atoms with Gasteiger partial charge in [-0.3, -0.25) is 4.79 Å². The average molecular weight is 321 g/mol. The molecule has 0 bridgehead atoms. The molecule has 7 heteroatoms. The second-order valence-corrected chi connectivity index (χ2v) is 7.29. The number of nitrogens with one attached hydrogen (secondary N) is 1. The first kappa shape index (κ1) is 15.0. The molecular formula is C15H19N3O3S. The van der Waals surface area contributed by atoms with Gasteiger partial charge in [-0.2, -0.15) is 8.42 Å². The molecule has 1 saturated carbocycles. The summed E-state index contributed by atoms with van der Waals surface area (Å²) in [6.07, 6.45) is 6.79. The number of hydrogen-bond donors (Lipinski definition) is 1. The van der Waals surface area contributed by atoms with Crippen molar-refractivity contribution in [2.75, 3.05) is 11.4 Å². The van der Waals surface area contributed by atoms with Crippen LogP contribution in [0.4, 0.5) is 5.69 Å². The van der Waals surface area contributed by atoms with E-state index in [9.17, 15) is 13.2 Å². The second-order valence-electron chi connectivity index (χ2n) is 5.69. The summed E-state index contributed by atoms with van der Waals surface area (Å²) in [6.45, 7) is 0.0759. The van der Waals surface area contributed by atoms with E-state index in [0.29, 0.717) is 5.69 Å². The molecular weight excluding hydrogens is 302 g/mol. The Balaban J connectivity index is 1.71. The van der Waals surface area contributed by atoms with Crippen LogP contribution in [0.2, 0.25) is 0 Å². The van der Waals surface area contributed by atoms with Gasteiger partial charge in [-0.25, -0.2) is 0 Å². The van der Waals surface area contributed by atoms with Crippen LogP contribution >= 0.6 is 0 Å². The zero-order chi connectivity index (χ0) is 15.6. The van der Waals surface area contributed by atoms with Crippen LogP contribution in [0.15, 0.2) is 33.6 Å². The Morgan fingerprint density at radius 1 is 1.23 bits per heavy atom. The van der Waals surface area contributed by atoms with Gasteiger partial charge in [-0.15, -0.1) is 4.40 Å². The lowest BCUT2D eigenvalue weighted by Gasteiger charge is -2.27. The molecule has 0 spiro atoms. The summed E-state index contributed by atoms with van der Waals surface area (Å²) in [7, 11) is -3.64. The maximum Gasteiger partial charge on any atom is 0.285 e. The van der Waals surface area contributed by atoms with E-state index >= 15 is 0 Å².